The lowest BCUT2D eigenvalue weighted by atomic mass is 9.79. The second-order valence-corrected chi connectivity index (χ2v) is 12.9. The van der Waals surface area contributed by atoms with E-state index in [2.05, 4.69) is 130 Å². The summed E-state index contributed by atoms with van der Waals surface area (Å²) in [7, 11) is 0. The molecule has 2 heterocycles. The number of halogens is 1. The van der Waals surface area contributed by atoms with Crippen LogP contribution in [0.5, 0.6) is 0 Å². The normalized spacial score (nSPS) is 21.1. The lowest BCUT2D eigenvalue weighted by molar-refractivity contribution is 0.659. The van der Waals surface area contributed by atoms with Gasteiger partial charge in [0.1, 0.15) is 0 Å². The minimum absolute atomic E-state index is 0.119. The largest absolute Gasteiger partial charge is 0.358 e. The maximum Gasteiger partial charge on any atom is 0.0681 e. The van der Waals surface area contributed by atoms with Gasteiger partial charge < -0.3 is 5.32 Å². The molecule has 0 radical (unpaired) electrons. The van der Waals surface area contributed by atoms with Gasteiger partial charge in [0.2, 0.25) is 0 Å². The lowest BCUT2D eigenvalue weighted by Crippen LogP contribution is -2.24. The molecule has 41 heavy (non-hydrogen) atoms. The fourth-order valence-corrected chi connectivity index (χ4v) is 7.27. The Bertz CT molecular complexity index is 1890. The molecular formula is C38H35ClN2. The van der Waals surface area contributed by atoms with E-state index in [0.29, 0.717) is 0 Å². The van der Waals surface area contributed by atoms with Crippen LogP contribution in [0, 0.1) is 0 Å². The van der Waals surface area contributed by atoms with E-state index in [4.69, 9.17) is 16.6 Å². The Hall–Kier alpha value is -3.88. The predicted molar refractivity (Wildman–Crippen MR) is 177 cm³/mol. The quantitative estimate of drug-likeness (QED) is 0.267. The molecule has 0 unspecified atom stereocenters. The third kappa shape index (κ3) is 4.19. The topological polar surface area (TPSA) is 24.4 Å². The highest BCUT2D eigenvalue weighted by Gasteiger charge is 2.36. The van der Waals surface area contributed by atoms with E-state index in [1.54, 1.807) is 0 Å². The summed E-state index contributed by atoms with van der Waals surface area (Å²) < 4.78 is 0. The Morgan fingerprint density at radius 2 is 1.41 bits per heavy atom. The highest BCUT2D eigenvalue weighted by atomic mass is 35.5. The smallest absolute Gasteiger partial charge is 0.0681 e. The first-order valence-electron chi connectivity index (χ1n) is 14.6. The van der Waals surface area contributed by atoms with Gasteiger partial charge in [-0.3, -0.25) is 4.99 Å². The van der Waals surface area contributed by atoms with Crippen molar-refractivity contribution >= 4 is 50.2 Å². The third-order valence-electron chi connectivity index (χ3n) is 9.26. The first-order valence-corrected chi connectivity index (χ1v) is 15.0. The summed E-state index contributed by atoms with van der Waals surface area (Å²) in [4.78, 5) is 5.06. The predicted octanol–water partition coefficient (Wildman–Crippen LogP) is 10.8. The molecule has 0 bridgehead atoms. The average Bonchev–Trinajstić information content (AvgIpc) is 3.39. The van der Waals surface area contributed by atoms with E-state index in [9.17, 15) is 0 Å². The van der Waals surface area contributed by atoms with Crippen molar-refractivity contribution in [3.63, 3.8) is 0 Å². The van der Waals surface area contributed by atoms with E-state index >= 15 is 0 Å². The zero-order chi connectivity index (χ0) is 28.4. The molecule has 204 valence electrons. The number of anilines is 1. The third-order valence-corrected chi connectivity index (χ3v) is 9.75. The Labute approximate surface area is 247 Å². The number of benzene rings is 4. The lowest BCUT2D eigenvalue weighted by Gasteiger charge is -2.23. The van der Waals surface area contributed by atoms with Crippen LogP contribution in [0.15, 0.2) is 124 Å². The van der Waals surface area contributed by atoms with Crippen LogP contribution in [0.4, 0.5) is 11.4 Å². The molecule has 1 aliphatic carbocycles. The van der Waals surface area contributed by atoms with Gasteiger partial charge in [-0.1, -0.05) is 112 Å². The van der Waals surface area contributed by atoms with E-state index in [0.717, 1.165) is 35.7 Å². The standard InChI is InChI=1S/C38H35ClN2/c1-37(2)32(40-30-20-16-24-10-5-7-14-28(24)34(30)37)22-18-26-12-9-13-27(36(26)39)19-23-33-38(3,4)35-29-15-8-6-11-25(29)17-21-31(35)41-33/h5-8,10-11,14-23,40H,9,12-13H2,1-4H3/b23-19+,26-18-,32-22+. The Morgan fingerprint density at radius 3 is 2.17 bits per heavy atom. The average molecular weight is 555 g/mol. The molecule has 0 aromatic heterocycles. The minimum Gasteiger partial charge on any atom is -0.358 e. The molecule has 3 aliphatic rings. The van der Waals surface area contributed by atoms with Gasteiger partial charge in [-0.25, -0.2) is 0 Å². The number of hydrogen-bond donors (Lipinski definition) is 1. The molecule has 0 saturated heterocycles. The van der Waals surface area contributed by atoms with Gasteiger partial charge in [-0.15, -0.1) is 0 Å². The van der Waals surface area contributed by atoms with E-state index in [1.807, 2.05) is 0 Å². The second-order valence-electron chi connectivity index (χ2n) is 12.6. The van der Waals surface area contributed by atoms with Crippen molar-refractivity contribution in [3.8, 4) is 0 Å². The molecule has 0 spiro atoms. The summed E-state index contributed by atoms with van der Waals surface area (Å²) in [5.74, 6) is 0. The summed E-state index contributed by atoms with van der Waals surface area (Å²) in [5.41, 5.74) is 9.33. The Morgan fingerprint density at radius 1 is 0.732 bits per heavy atom. The molecule has 2 nitrogen and oxygen atoms in total. The van der Waals surface area contributed by atoms with Crippen LogP contribution in [-0.2, 0) is 10.8 Å². The number of rotatable bonds is 3. The van der Waals surface area contributed by atoms with Crippen LogP contribution in [-0.4, -0.2) is 5.71 Å². The molecule has 1 N–H and O–H groups in total. The van der Waals surface area contributed by atoms with E-state index in [1.165, 1.54) is 55.2 Å². The molecule has 0 fully saturated rings. The van der Waals surface area contributed by atoms with Crippen LogP contribution in [0.1, 0.15) is 58.1 Å². The monoisotopic (exact) mass is 554 g/mol. The van der Waals surface area contributed by atoms with Crippen LogP contribution >= 0.6 is 11.6 Å². The zero-order valence-corrected chi connectivity index (χ0v) is 24.9. The van der Waals surface area contributed by atoms with Gasteiger partial charge in [0.25, 0.3) is 0 Å². The number of nitrogens with zero attached hydrogens (tertiary/aromatic N) is 1. The van der Waals surface area contributed by atoms with Crippen molar-refractivity contribution in [2.45, 2.75) is 57.8 Å². The Balaban J connectivity index is 1.18. The van der Waals surface area contributed by atoms with Crippen molar-refractivity contribution in [1.82, 2.24) is 0 Å². The highest BCUT2D eigenvalue weighted by Crippen LogP contribution is 2.47. The van der Waals surface area contributed by atoms with Gasteiger partial charge in [0.05, 0.1) is 11.4 Å². The van der Waals surface area contributed by atoms with Gasteiger partial charge in [-0.05, 0) is 87.4 Å². The summed E-state index contributed by atoms with van der Waals surface area (Å²) in [6.07, 6.45) is 11.9. The number of hydrogen-bond acceptors (Lipinski definition) is 2. The van der Waals surface area contributed by atoms with Crippen LogP contribution < -0.4 is 5.32 Å². The van der Waals surface area contributed by atoms with Crippen LogP contribution in [0.2, 0.25) is 0 Å². The molecule has 0 amide bonds. The van der Waals surface area contributed by atoms with Gasteiger partial charge in [0.15, 0.2) is 0 Å². The number of fused-ring (bicyclic) bond motifs is 6. The molecule has 3 heteroatoms. The Kier molecular flexibility index (Phi) is 6.10. The number of aliphatic imine (C=N–C) groups is 1. The number of nitrogens with one attached hydrogen (secondary N) is 1. The number of allylic oxidation sites excluding steroid dienone is 8. The van der Waals surface area contributed by atoms with E-state index < -0.39 is 0 Å². The summed E-state index contributed by atoms with van der Waals surface area (Å²) in [6.45, 7) is 9.17. The van der Waals surface area contributed by atoms with Crippen LogP contribution in [0.3, 0.4) is 0 Å². The molecule has 4 aromatic rings. The minimum atomic E-state index is -0.170. The van der Waals surface area contributed by atoms with Gasteiger partial charge >= 0.3 is 0 Å². The molecule has 4 aromatic carbocycles. The SMILES string of the molecule is CC1(C)C(/C=C/C2=C(Cl)C(=C\C=C3\Nc4ccc5ccccc5c4C3(C)C)/CCC2)=Nc2ccc3ccccc3c21. The maximum atomic E-state index is 7.07. The summed E-state index contributed by atoms with van der Waals surface area (Å²) >= 11 is 7.07. The van der Waals surface area contributed by atoms with Crippen molar-refractivity contribution in [1.29, 1.82) is 0 Å². The molecule has 7 rings (SSSR count). The summed E-state index contributed by atoms with van der Waals surface area (Å²) in [5, 5.41) is 9.72. The van der Waals surface area contributed by atoms with Crippen molar-refractivity contribution < 1.29 is 0 Å². The molecular weight excluding hydrogens is 520 g/mol. The van der Waals surface area contributed by atoms with Crippen LogP contribution in [0.25, 0.3) is 21.5 Å². The fraction of sp³-hybridized carbons (Fsp3) is 0.237. The highest BCUT2D eigenvalue weighted by molar-refractivity contribution is 6.32. The second kappa shape index (κ2) is 9.60. The molecule has 0 saturated carbocycles. The maximum absolute atomic E-state index is 7.07. The van der Waals surface area contributed by atoms with Crippen molar-refractivity contribution in [2.24, 2.45) is 4.99 Å². The first kappa shape index (κ1) is 26.0. The van der Waals surface area contributed by atoms with E-state index in [-0.39, 0.29) is 10.8 Å². The van der Waals surface area contributed by atoms with Crippen molar-refractivity contribution in [3.05, 3.63) is 130 Å². The molecule has 0 atom stereocenters. The van der Waals surface area contributed by atoms with Gasteiger partial charge in [-0.2, -0.15) is 0 Å². The summed E-state index contributed by atoms with van der Waals surface area (Å²) in [6, 6.07) is 26.0. The van der Waals surface area contributed by atoms with Gasteiger partial charge in [0, 0.05) is 27.2 Å². The zero-order valence-electron chi connectivity index (χ0n) is 24.2. The fourth-order valence-electron chi connectivity index (χ4n) is 6.96. The molecule has 2 aliphatic heterocycles. The van der Waals surface area contributed by atoms with Crippen molar-refractivity contribution in [2.75, 3.05) is 5.32 Å². The first-order chi connectivity index (χ1) is 19.7.